The summed E-state index contributed by atoms with van der Waals surface area (Å²) in [7, 11) is 0. The molecule has 4 N–H and O–H groups in total. The minimum atomic E-state index is -0.650. The van der Waals surface area contributed by atoms with Crippen LogP contribution in [0, 0.1) is 5.92 Å². The van der Waals surface area contributed by atoms with Gasteiger partial charge >= 0.3 is 0 Å². The number of rotatable bonds is 5. The smallest absolute Gasteiger partial charge is 0.253 e. The van der Waals surface area contributed by atoms with Crippen LogP contribution in [0.25, 0.3) is 0 Å². The summed E-state index contributed by atoms with van der Waals surface area (Å²) in [5.74, 6) is -0.609. The maximum Gasteiger partial charge on any atom is 0.253 e. The summed E-state index contributed by atoms with van der Waals surface area (Å²) in [6.07, 6.45) is 2.81. The SMILES string of the molecule is CC(C)C(NC(=O)c1ccccc1Cl)C(=O)NC1CCCc2cc(N)ccc21. The molecule has 2 aromatic carbocycles. The van der Waals surface area contributed by atoms with Gasteiger partial charge in [-0.1, -0.05) is 43.6 Å². The number of hydrogen-bond donors (Lipinski definition) is 3. The van der Waals surface area contributed by atoms with Gasteiger partial charge in [-0.05, 0) is 60.6 Å². The number of fused-ring (bicyclic) bond motifs is 1. The van der Waals surface area contributed by atoms with E-state index in [-0.39, 0.29) is 23.8 Å². The molecular weight excluding hydrogens is 374 g/mol. The first-order chi connectivity index (χ1) is 13.4. The monoisotopic (exact) mass is 399 g/mol. The molecule has 0 bridgehead atoms. The number of carbonyl (C=O) groups is 2. The largest absolute Gasteiger partial charge is 0.399 e. The van der Waals surface area contributed by atoms with Gasteiger partial charge in [-0.15, -0.1) is 0 Å². The van der Waals surface area contributed by atoms with Crippen LogP contribution < -0.4 is 16.4 Å². The first-order valence-corrected chi connectivity index (χ1v) is 9.98. The van der Waals surface area contributed by atoms with Gasteiger partial charge in [0.15, 0.2) is 0 Å². The lowest BCUT2D eigenvalue weighted by Gasteiger charge is -2.29. The Bertz CT molecular complexity index is 882. The van der Waals surface area contributed by atoms with E-state index in [0.29, 0.717) is 10.6 Å². The van der Waals surface area contributed by atoms with E-state index >= 15 is 0 Å². The Morgan fingerprint density at radius 3 is 2.64 bits per heavy atom. The highest BCUT2D eigenvalue weighted by molar-refractivity contribution is 6.33. The van der Waals surface area contributed by atoms with Crippen molar-refractivity contribution in [1.82, 2.24) is 10.6 Å². The predicted molar refractivity (Wildman–Crippen MR) is 112 cm³/mol. The molecule has 2 amide bonds. The molecule has 2 unspecified atom stereocenters. The first-order valence-electron chi connectivity index (χ1n) is 9.61. The Morgan fingerprint density at radius 1 is 1.18 bits per heavy atom. The molecule has 28 heavy (non-hydrogen) atoms. The first kappa shape index (κ1) is 20.2. The number of anilines is 1. The molecule has 5 nitrogen and oxygen atoms in total. The third kappa shape index (κ3) is 4.47. The number of nitrogens with one attached hydrogen (secondary N) is 2. The van der Waals surface area contributed by atoms with Crippen LogP contribution in [0.1, 0.15) is 54.2 Å². The number of aryl methyl sites for hydroxylation is 1. The zero-order valence-corrected chi connectivity index (χ0v) is 16.9. The van der Waals surface area contributed by atoms with Gasteiger partial charge in [0.1, 0.15) is 6.04 Å². The third-order valence-corrected chi connectivity index (χ3v) is 5.48. The Morgan fingerprint density at radius 2 is 1.93 bits per heavy atom. The number of hydrogen-bond acceptors (Lipinski definition) is 3. The van der Waals surface area contributed by atoms with Crippen molar-refractivity contribution in [1.29, 1.82) is 0 Å². The van der Waals surface area contributed by atoms with E-state index in [1.165, 1.54) is 5.56 Å². The second-order valence-corrected chi connectivity index (χ2v) is 7.99. The summed E-state index contributed by atoms with van der Waals surface area (Å²) in [6.45, 7) is 3.82. The van der Waals surface area contributed by atoms with E-state index in [0.717, 1.165) is 30.5 Å². The molecule has 1 aliphatic rings. The second kappa shape index (κ2) is 8.65. The van der Waals surface area contributed by atoms with Crippen LogP contribution in [-0.4, -0.2) is 17.9 Å². The van der Waals surface area contributed by atoms with Crippen molar-refractivity contribution in [3.8, 4) is 0 Å². The topological polar surface area (TPSA) is 84.2 Å². The number of halogens is 1. The van der Waals surface area contributed by atoms with Crippen LogP contribution in [0.3, 0.4) is 0 Å². The Hall–Kier alpha value is -2.53. The Labute approximate surface area is 170 Å². The Balaban J connectivity index is 1.74. The fourth-order valence-corrected chi connectivity index (χ4v) is 3.87. The van der Waals surface area contributed by atoms with Gasteiger partial charge in [0.25, 0.3) is 5.91 Å². The summed E-state index contributed by atoms with van der Waals surface area (Å²) >= 11 is 6.11. The molecule has 2 atom stereocenters. The van der Waals surface area contributed by atoms with Crippen molar-refractivity contribution in [3.05, 3.63) is 64.2 Å². The van der Waals surface area contributed by atoms with Crippen molar-refractivity contribution >= 4 is 29.1 Å². The minimum Gasteiger partial charge on any atom is -0.399 e. The van der Waals surface area contributed by atoms with Crippen LogP contribution in [0.2, 0.25) is 5.02 Å². The van der Waals surface area contributed by atoms with Crippen molar-refractivity contribution in [2.24, 2.45) is 5.92 Å². The van der Waals surface area contributed by atoms with Gasteiger partial charge in [0.05, 0.1) is 16.6 Å². The molecule has 0 heterocycles. The van der Waals surface area contributed by atoms with E-state index in [4.69, 9.17) is 17.3 Å². The molecule has 6 heteroatoms. The van der Waals surface area contributed by atoms with Crippen LogP contribution >= 0.6 is 11.6 Å². The van der Waals surface area contributed by atoms with E-state index < -0.39 is 6.04 Å². The standard InChI is InChI=1S/C22H26ClN3O2/c1-13(2)20(26-21(27)17-7-3-4-8-18(17)23)22(28)25-19-9-5-6-14-12-15(24)10-11-16(14)19/h3-4,7-8,10-13,19-20H,5-6,9,24H2,1-2H3,(H,25,28)(H,26,27). The van der Waals surface area contributed by atoms with Crippen LogP contribution in [0.5, 0.6) is 0 Å². The Kier molecular flexibility index (Phi) is 6.25. The van der Waals surface area contributed by atoms with Gasteiger partial charge in [0, 0.05) is 5.69 Å². The van der Waals surface area contributed by atoms with Crippen molar-refractivity contribution in [3.63, 3.8) is 0 Å². The molecule has 1 aliphatic carbocycles. The number of benzene rings is 2. The zero-order chi connectivity index (χ0) is 20.3. The highest BCUT2D eigenvalue weighted by atomic mass is 35.5. The molecule has 148 valence electrons. The highest BCUT2D eigenvalue weighted by Crippen LogP contribution is 2.31. The molecule has 0 spiro atoms. The molecule has 2 aromatic rings. The normalized spacial score (nSPS) is 16.9. The second-order valence-electron chi connectivity index (χ2n) is 7.59. The van der Waals surface area contributed by atoms with Crippen molar-refractivity contribution in [2.75, 3.05) is 5.73 Å². The number of nitrogen functional groups attached to an aromatic ring is 1. The van der Waals surface area contributed by atoms with Gasteiger partial charge in [-0.25, -0.2) is 0 Å². The average Bonchev–Trinajstić information content (AvgIpc) is 2.65. The van der Waals surface area contributed by atoms with Gasteiger partial charge in [-0.3, -0.25) is 9.59 Å². The van der Waals surface area contributed by atoms with Crippen molar-refractivity contribution < 1.29 is 9.59 Å². The van der Waals surface area contributed by atoms with Gasteiger partial charge < -0.3 is 16.4 Å². The maximum absolute atomic E-state index is 13.0. The zero-order valence-electron chi connectivity index (χ0n) is 16.2. The molecule has 0 radical (unpaired) electrons. The summed E-state index contributed by atoms with van der Waals surface area (Å²) in [5.41, 5.74) is 9.27. The van der Waals surface area contributed by atoms with Crippen LogP contribution in [0.15, 0.2) is 42.5 Å². The molecule has 0 fully saturated rings. The highest BCUT2D eigenvalue weighted by Gasteiger charge is 2.29. The fraction of sp³-hybridized carbons (Fsp3) is 0.364. The number of amides is 2. The lowest BCUT2D eigenvalue weighted by molar-refractivity contribution is -0.124. The van der Waals surface area contributed by atoms with E-state index in [9.17, 15) is 9.59 Å². The molecular formula is C22H26ClN3O2. The molecule has 0 aromatic heterocycles. The summed E-state index contributed by atoms with van der Waals surface area (Å²) in [5, 5.41) is 6.32. The molecule has 0 saturated carbocycles. The average molecular weight is 400 g/mol. The summed E-state index contributed by atoms with van der Waals surface area (Å²) < 4.78 is 0. The minimum absolute atomic E-state index is 0.0686. The summed E-state index contributed by atoms with van der Waals surface area (Å²) in [6, 6.07) is 11.9. The van der Waals surface area contributed by atoms with E-state index in [2.05, 4.69) is 10.6 Å². The van der Waals surface area contributed by atoms with E-state index in [1.807, 2.05) is 32.0 Å². The summed E-state index contributed by atoms with van der Waals surface area (Å²) in [4.78, 5) is 25.6. The third-order valence-electron chi connectivity index (χ3n) is 5.15. The predicted octanol–water partition coefficient (Wildman–Crippen LogP) is 3.87. The fourth-order valence-electron chi connectivity index (χ4n) is 3.64. The van der Waals surface area contributed by atoms with Crippen molar-refractivity contribution in [2.45, 2.75) is 45.2 Å². The maximum atomic E-state index is 13.0. The van der Waals surface area contributed by atoms with Crippen LogP contribution in [-0.2, 0) is 11.2 Å². The van der Waals surface area contributed by atoms with Gasteiger partial charge in [0.2, 0.25) is 5.91 Å². The molecule has 3 rings (SSSR count). The van der Waals surface area contributed by atoms with Gasteiger partial charge in [-0.2, -0.15) is 0 Å². The number of nitrogens with two attached hydrogens (primary N) is 1. The molecule has 0 saturated heterocycles. The van der Waals surface area contributed by atoms with Crippen LogP contribution in [0.4, 0.5) is 5.69 Å². The lowest BCUT2D eigenvalue weighted by atomic mass is 9.87. The lowest BCUT2D eigenvalue weighted by Crippen LogP contribution is -2.50. The quantitative estimate of drug-likeness (QED) is 0.667. The number of carbonyl (C=O) groups excluding carboxylic acids is 2. The van der Waals surface area contributed by atoms with E-state index in [1.54, 1.807) is 24.3 Å². The molecule has 0 aliphatic heterocycles.